The zero-order chi connectivity index (χ0) is 25.3. The Hall–Kier alpha value is -3.28. The van der Waals surface area contributed by atoms with E-state index in [1.165, 1.54) is 49.8 Å². The van der Waals surface area contributed by atoms with E-state index in [2.05, 4.69) is 42.6 Å². The number of carbonyl (C=O) groups is 1. The van der Waals surface area contributed by atoms with Gasteiger partial charge >= 0.3 is 12.2 Å². The van der Waals surface area contributed by atoms with Gasteiger partial charge in [-0.05, 0) is 96.5 Å². The summed E-state index contributed by atoms with van der Waals surface area (Å²) in [6.45, 7) is 2.78. The third-order valence-corrected chi connectivity index (χ3v) is 7.80. The predicted molar refractivity (Wildman–Crippen MR) is 138 cm³/mol. The van der Waals surface area contributed by atoms with Crippen molar-refractivity contribution in [3.8, 4) is 11.1 Å². The molecule has 2 aliphatic rings. The summed E-state index contributed by atoms with van der Waals surface area (Å²) in [6.07, 6.45) is 2.73. The minimum Gasteiger partial charge on any atom is -0.308 e. The molecule has 1 fully saturated rings. The van der Waals surface area contributed by atoms with Crippen LogP contribution in [0.5, 0.6) is 0 Å². The van der Waals surface area contributed by atoms with Crippen molar-refractivity contribution in [3.63, 3.8) is 0 Å². The number of nitrogens with zero attached hydrogens (tertiary/aromatic N) is 1. The third-order valence-electron chi connectivity index (χ3n) is 7.80. The quantitative estimate of drug-likeness (QED) is 0.388. The molecule has 0 unspecified atom stereocenters. The van der Waals surface area contributed by atoms with E-state index in [1.54, 1.807) is 4.90 Å². The van der Waals surface area contributed by atoms with Crippen LogP contribution in [0.2, 0.25) is 0 Å². The highest BCUT2D eigenvalue weighted by Gasteiger charge is 2.31. The van der Waals surface area contributed by atoms with Gasteiger partial charge in [0.2, 0.25) is 0 Å². The van der Waals surface area contributed by atoms with Gasteiger partial charge in [-0.15, -0.1) is 0 Å². The second kappa shape index (κ2) is 10.00. The molecular weight excluding hydrogens is 461 g/mol. The molecule has 3 nitrogen and oxygen atoms in total. The first-order valence-corrected chi connectivity index (χ1v) is 12.8. The largest absolute Gasteiger partial charge is 0.416 e. The van der Waals surface area contributed by atoms with Crippen molar-refractivity contribution in [2.24, 2.45) is 5.92 Å². The Morgan fingerprint density at radius 1 is 0.944 bits per heavy atom. The monoisotopic (exact) mass is 492 g/mol. The molecule has 5 rings (SSSR count). The maximum absolute atomic E-state index is 13.0. The number of amides is 2. The minimum absolute atomic E-state index is 0.128. The molecule has 6 heteroatoms. The molecule has 36 heavy (non-hydrogen) atoms. The van der Waals surface area contributed by atoms with Crippen molar-refractivity contribution in [1.29, 1.82) is 0 Å². The maximum atomic E-state index is 13.0. The van der Waals surface area contributed by atoms with Gasteiger partial charge in [0.1, 0.15) is 0 Å². The lowest BCUT2D eigenvalue weighted by atomic mass is 9.77. The van der Waals surface area contributed by atoms with Gasteiger partial charge in [-0.1, -0.05) is 49.7 Å². The van der Waals surface area contributed by atoms with Gasteiger partial charge in [0.15, 0.2) is 0 Å². The smallest absolute Gasteiger partial charge is 0.308 e. The third kappa shape index (κ3) is 5.13. The normalized spacial score (nSPS) is 19.7. The molecule has 3 aromatic carbocycles. The topological polar surface area (TPSA) is 32.3 Å². The number of carbonyl (C=O) groups excluding carboxylic acids is 1. The Morgan fingerprint density at radius 2 is 1.67 bits per heavy atom. The number of hydrogen-bond donors (Lipinski definition) is 1. The number of benzene rings is 3. The molecule has 0 atom stereocenters. The number of fused-ring (bicyclic) bond motifs is 1. The molecule has 0 spiro atoms. The number of rotatable bonds is 4. The van der Waals surface area contributed by atoms with Crippen LogP contribution in [0.4, 0.5) is 29.3 Å². The fourth-order valence-corrected chi connectivity index (χ4v) is 5.61. The lowest BCUT2D eigenvalue weighted by Gasteiger charge is -2.28. The molecule has 0 radical (unpaired) electrons. The van der Waals surface area contributed by atoms with E-state index in [0.717, 1.165) is 40.4 Å². The number of urea groups is 1. The van der Waals surface area contributed by atoms with Crippen LogP contribution >= 0.6 is 0 Å². The Kier molecular flexibility index (Phi) is 6.78. The van der Waals surface area contributed by atoms with E-state index in [9.17, 15) is 18.0 Å². The Morgan fingerprint density at radius 3 is 2.36 bits per heavy atom. The fourth-order valence-electron chi connectivity index (χ4n) is 5.61. The van der Waals surface area contributed by atoms with Crippen molar-refractivity contribution in [3.05, 3.63) is 83.4 Å². The van der Waals surface area contributed by atoms with Crippen LogP contribution in [0.1, 0.15) is 61.6 Å². The molecule has 1 aliphatic carbocycles. The molecule has 1 heterocycles. The van der Waals surface area contributed by atoms with Gasteiger partial charge in [-0.3, -0.25) is 4.90 Å². The first kappa shape index (κ1) is 24.4. The average molecular weight is 493 g/mol. The van der Waals surface area contributed by atoms with Crippen LogP contribution in [-0.2, 0) is 12.6 Å². The van der Waals surface area contributed by atoms with E-state index < -0.39 is 17.8 Å². The van der Waals surface area contributed by atoms with Crippen LogP contribution in [0.15, 0.2) is 66.7 Å². The Balaban J connectivity index is 1.27. The SMILES string of the molecule is CCC1CCC(c2ccc(-c3ccc4c(c3)CCN4C(=O)Nc3cccc(C(F)(F)F)c3)cc2)CC1. The molecule has 2 amide bonds. The van der Waals surface area contributed by atoms with Crippen LogP contribution in [-0.4, -0.2) is 12.6 Å². The molecule has 1 aliphatic heterocycles. The van der Waals surface area contributed by atoms with Crippen LogP contribution in [0.3, 0.4) is 0 Å². The summed E-state index contributed by atoms with van der Waals surface area (Å²) in [6, 6.07) is 19.2. The van der Waals surface area contributed by atoms with Crippen LogP contribution < -0.4 is 10.2 Å². The second-order valence-electron chi connectivity index (χ2n) is 10.0. The minimum atomic E-state index is -4.45. The summed E-state index contributed by atoms with van der Waals surface area (Å²) in [5.41, 5.74) is 4.88. The molecule has 1 saturated carbocycles. The van der Waals surface area contributed by atoms with E-state index in [0.29, 0.717) is 18.9 Å². The van der Waals surface area contributed by atoms with Gasteiger partial charge in [-0.25, -0.2) is 4.79 Å². The van der Waals surface area contributed by atoms with Gasteiger partial charge in [0.25, 0.3) is 0 Å². The van der Waals surface area contributed by atoms with E-state index in [-0.39, 0.29) is 5.69 Å². The number of anilines is 2. The zero-order valence-corrected chi connectivity index (χ0v) is 20.4. The van der Waals surface area contributed by atoms with Crippen molar-refractivity contribution < 1.29 is 18.0 Å². The Labute approximate surface area is 210 Å². The predicted octanol–water partition coefficient (Wildman–Crippen LogP) is 8.65. The van der Waals surface area contributed by atoms with Crippen molar-refractivity contribution in [1.82, 2.24) is 0 Å². The maximum Gasteiger partial charge on any atom is 0.416 e. The van der Waals surface area contributed by atoms with Crippen molar-refractivity contribution >= 4 is 17.4 Å². The summed E-state index contributed by atoms with van der Waals surface area (Å²) < 4.78 is 39.0. The van der Waals surface area contributed by atoms with Gasteiger partial charge in [0, 0.05) is 17.9 Å². The molecule has 0 bridgehead atoms. The van der Waals surface area contributed by atoms with Crippen molar-refractivity contribution in [2.45, 2.75) is 57.5 Å². The van der Waals surface area contributed by atoms with Crippen molar-refractivity contribution in [2.75, 3.05) is 16.8 Å². The molecular formula is C30H31F3N2O. The second-order valence-corrected chi connectivity index (χ2v) is 10.0. The fraction of sp³-hybridized carbons (Fsp3) is 0.367. The first-order chi connectivity index (χ1) is 17.3. The first-order valence-electron chi connectivity index (χ1n) is 12.8. The number of nitrogens with one attached hydrogen (secondary N) is 1. The highest BCUT2D eigenvalue weighted by molar-refractivity contribution is 6.03. The van der Waals surface area contributed by atoms with Gasteiger partial charge in [0.05, 0.1) is 5.56 Å². The highest BCUT2D eigenvalue weighted by Crippen LogP contribution is 2.38. The van der Waals surface area contributed by atoms with E-state index in [4.69, 9.17) is 0 Å². The average Bonchev–Trinajstić information content (AvgIpc) is 3.32. The van der Waals surface area contributed by atoms with Gasteiger partial charge < -0.3 is 5.32 Å². The number of hydrogen-bond acceptors (Lipinski definition) is 1. The van der Waals surface area contributed by atoms with E-state index >= 15 is 0 Å². The number of halogens is 3. The molecule has 1 N–H and O–H groups in total. The molecule has 188 valence electrons. The summed E-state index contributed by atoms with van der Waals surface area (Å²) in [5, 5.41) is 2.61. The Bertz CT molecular complexity index is 1230. The lowest BCUT2D eigenvalue weighted by molar-refractivity contribution is -0.137. The number of alkyl halides is 3. The summed E-state index contributed by atoms with van der Waals surface area (Å²) in [4.78, 5) is 14.4. The lowest BCUT2D eigenvalue weighted by Crippen LogP contribution is -2.33. The molecule has 3 aromatic rings. The summed E-state index contributed by atoms with van der Waals surface area (Å²) in [5.74, 6) is 1.55. The standard InChI is InChI=1S/C30H31F3N2O/c1-2-20-6-8-21(9-7-20)22-10-12-23(13-11-22)24-14-15-28-25(18-24)16-17-35(28)29(36)34-27-5-3-4-26(19-27)30(31,32)33/h3-5,10-15,18-21H,2,6-9,16-17H2,1H3,(H,34,36). The molecule has 0 aromatic heterocycles. The molecule has 0 saturated heterocycles. The van der Waals surface area contributed by atoms with Gasteiger partial charge in [-0.2, -0.15) is 13.2 Å². The summed E-state index contributed by atoms with van der Waals surface area (Å²) >= 11 is 0. The zero-order valence-electron chi connectivity index (χ0n) is 20.4. The van der Waals surface area contributed by atoms with Crippen LogP contribution in [0, 0.1) is 5.92 Å². The van der Waals surface area contributed by atoms with E-state index in [1.807, 2.05) is 12.1 Å². The van der Waals surface area contributed by atoms with Crippen LogP contribution in [0.25, 0.3) is 11.1 Å². The highest BCUT2D eigenvalue weighted by atomic mass is 19.4. The summed E-state index contributed by atoms with van der Waals surface area (Å²) in [7, 11) is 0.